The minimum atomic E-state index is -4.98. The molecule has 2 heterocycles. The number of benzene rings is 2. The second-order valence-corrected chi connectivity index (χ2v) is 7.89. The number of aliphatic hydroxyl groups is 1. The van der Waals surface area contributed by atoms with Crippen molar-refractivity contribution in [1.29, 1.82) is 0 Å². The summed E-state index contributed by atoms with van der Waals surface area (Å²) in [5.74, 6) is -0.524. The third-order valence-electron chi connectivity index (χ3n) is 4.14. The van der Waals surface area contributed by atoms with Gasteiger partial charge in [0.1, 0.15) is 5.82 Å². The topological polar surface area (TPSA) is 48.7 Å². The van der Waals surface area contributed by atoms with Gasteiger partial charge >= 0.3 is 6.18 Å². The van der Waals surface area contributed by atoms with Crippen LogP contribution in [0, 0.1) is 5.82 Å². The van der Waals surface area contributed by atoms with Crippen LogP contribution in [0.5, 0.6) is 0 Å². The lowest BCUT2D eigenvalue weighted by Crippen LogP contribution is -2.55. The van der Waals surface area contributed by atoms with Crippen molar-refractivity contribution >= 4 is 48.3 Å². The molecule has 0 saturated carbocycles. The largest absolute Gasteiger partial charge is 0.438 e. The van der Waals surface area contributed by atoms with Crippen molar-refractivity contribution in [2.75, 3.05) is 5.01 Å². The molecule has 3 aromatic rings. The van der Waals surface area contributed by atoms with Crippen molar-refractivity contribution in [2.45, 2.75) is 18.3 Å². The highest BCUT2D eigenvalue weighted by Gasteiger charge is 2.62. The third-order valence-corrected chi connectivity index (χ3v) is 5.66. The lowest BCUT2D eigenvalue weighted by atomic mass is 10.0. The van der Waals surface area contributed by atoms with E-state index in [0.717, 1.165) is 15.8 Å². The van der Waals surface area contributed by atoms with Gasteiger partial charge in [-0.15, -0.1) is 0 Å². The Morgan fingerprint density at radius 3 is 2.52 bits per heavy atom. The van der Waals surface area contributed by atoms with E-state index in [4.69, 9.17) is 0 Å². The van der Waals surface area contributed by atoms with Crippen LogP contribution in [0.15, 0.2) is 52.0 Å². The second-order valence-electron chi connectivity index (χ2n) is 5.97. The first-order valence-corrected chi connectivity index (χ1v) is 9.27. The molecule has 27 heavy (non-hydrogen) atoms. The number of hydrazone groups is 1. The molecule has 1 aromatic heterocycles. The number of hydrogen-bond acceptors (Lipinski definition) is 5. The number of nitrogens with zero attached hydrogens (tertiary/aromatic N) is 3. The monoisotopic (exact) mass is 459 g/mol. The highest BCUT2D eigenvalue weighted by Crippen LogP contribution is 2.45. The smallest absolute Gasteiger partial charge is 0.362 e. The molecule has 1 N–H and O–H groups in total. The van der Waals surface area contributed by atoms with E-state index in [9.17, 15) is 22.7 Å². The van der Waals surface area contributed by atoms with E-state index in [1.54, 1.807) is 24.3 Å². The van der Waals surface area contributed by atoms with E-state index < -0.39 is 24.1 Å². The number of rotatable bonds is 2. The highest BCUT2D eigenvalue weighted by atomic mass is 79.9. The normalized spacial score (nSPS) is 20.4. The Hall–Kier alpha value is -2.04. The van der Waals surface area contributed by atoms with Crippen molar-refractivity contribution in [3.05, 3.63) is 58.3 Å². The minimum absolute atomic E-state index is 0.0766. The lowest BCUT2D eigenvalue weighted by Gasteiger charge is -2.32. The summed E-state index contributed by atoms with van der Waals surface area (Å²) in [6.45, 7) is 0. The van der Waals surface area contributed by atoms with Crippen LogP contribution in [0.2, 0.25) is 0 Å². The van der Waals surface area contributed by atoms with Crippen LogP contribution in [-0.4, -0.2) is 27.7 Å². The van der Waals surface area contributed by atoms with Crippen molar-refractivity contribution in [1.82, 2.24) is 4.98 Å². The van der Waals surface area contributed by atoms with Crippen LogP contribution in [0.1, 0.15) is 12.0 Å². The van der Waals surface area contributed by atoms with Crippen molar-refractivity contribution in [3.8, 4) is 0 Å². The maximum absolute atomic E-state index is 13.7. The Kier molecular flexibility index (Phi) is 4.24. The summed E-state index contributed by atoms with van der Waals surface area (Å²) in [6, 6.07) is 10.3. The van der Waals surface area contributed by atoms with Gasteiger partial charge in [0.25, 0.3) is 5.72 Å². The molecule has 140 valence electrons. The summed E-state index contributed by atoms with van der Waals surface area (Å²) in [5.41, 5.74) is -2.38. The van der Waals surface area contributed by atoms with E-state index in [2.05, 4.69) is 26.0 Å². The van der Waals surface area contributed by atoms with E-state index in [1.165, 1.54) is 18.2 Å². The zero-order valence-corrected chi connectivity index (χ0v) is 15.7. The number of hydrogen-bond donors (Lipinski definition) is 1. The van der Waals surface area contributed by atoms with Gasteiger partial charge in [-0.05, 0) is 35.9 Å². The number of thiazole rings is 1. The molecule has 0 fully saturated rings. The SMILES string of the molecule is OC1(C(F)(F)F)CC(c2ccc(Br)cc2)=NN1c1nc2ccc(F)cc2s1. The first kappa shape index (κ1) is 18.3. The second kappa shape index (κ2) is 6.25. The van der Waals surface area contributed by atoms with Gasteiger partial charge in [-0.2, -0.15) is 23.3 Å². The fourth-order valence-corrected chi connectivity index (χ4v) is 4.02. The molecule has 1 aliphatic heterocycles. The van der Waals surface area contributed by atoms with Gasteiger partial charge < -0.3 is 5.11 Å². The highest BCUT2D eigenvalue weighted by molar-refractivity contribution is 9.10. The number of alkyl halides is 3. The summed E-state index contributed by atoms with van der Waals surface area (Å²) in [4.78, 5) is 4.09. The van der Waals surface area contributed by atoms with Crippen LogP contribution in [-0.2, 0) is 0 Å². The molecule has 10 heteroatoms. The van der Waals surface area contributed by atoms with Crippen LogP contribution >= 0.6 is 27.3 Å². The van der Waals surface area contributed by atoms with Gasteiger partial charge in [0.05, 0.1) is 22.3 Å². The summed E-state index contributed by atoms with van der Waals surface area (Å²) in [5, 5.41) is 14.8. The maximum Gasteiger partial charge on any atom is 0.438 e. The van der Waals surface area contributed by atoms with Gasteiger partial charge in [-0.25, -0.2) is 9.37 Å². The van der Waals surface area contributed by atoms with Gasteiger partial charge in [-0.3, -0.25) is 0 Å². The molecule has 1 unspecified atom stereocenters. The Morgan fingerprint density at radius 2 is 1.85 bits per heavy atom. The van der Waals surface area contributed by atoms with E-state index in [1.807, 2.05) is 0 Å². The van der Waals surface area contributed by atoms with Crippen LogP contribution in [0.4, 0.5) is 22.7 Å². The fraction of sp³-hybridized carbons (Fsp3) is 0.176. The molecule has 0 amide bonds. The molecule has 0 aliphatic carbocycles. The Morgan fingerprint density at radius 1 is 1.15 bits per heavy atom. The van der Waals surface area contributed by atoms with E-state index in [-0.39, 0.29) is 10.8 Å². The zero-order valence-electron chi connectivity index (χ0n) is 13.3. The molecule has 0 bridgehead atoms. The molecular formula is C17H10BrF4N3OS. The van der Waals surface area contributed by atoms with Crippen molar-refractivity contribution in [2.24, 2.45) is 5.10 Å². The number of anilines is 1. The van der Waals surface area contributed by atoms with Crippen molar-refractivity contribution < 1.29 is 22.7 Å². The van der Waals surface area contributed by atoms with Crippen LogP contribution in [0.3, 0.4) is 0 Å². The van der Waals surface area contributed by atoms with Gasteiger partial charge in [0.2, 0.25) is 5.13 Å². The first-order valence-electron chi connectivity index (χ1n) is 7.66. The molecule has 0 radical (unpaired) electrons. The first-order chi connectivity index (χ1) is 12.7. The third kappa shape index (κ3) is 3.11. The molecule has 0 spiro atoms. The lowest BCUT2D eigenvalue weighted by molar-refractivity contribution is -0.254. The summed E-state index contributed by atoms with van der Waals surface area (Å²) in [6.07, 6.45) is -5.72. The molecular weight excluding hydrogens is 450 g/mol. The maximum atomic E-state index is 13.7. The van der Waals surface area contributed by atoms with Crippen LogP contribution < -0.4 is 5.01 Å². The molecule has 4 nitrogen and oxygen atoms in total. The Balaban J connectivity index is 1.83. The van der Waals surface area contributed by atoms with Gasteiger partial charge in [-0.1, -0.05) is 39.4 Å². The van der Waals surface area contributed by atoms with Gasteiger partial charge in [0.15, 0.2) is 0 Å². The average molecular weight is 460 g/mol. The van der Waals surface area contributed by atoms with Crippen LogP contribution in [0.25, 0.3) is 10.2 Å². The standard InChI is InChI=1S/C17H10BrF4N3OS/c18-10-3-1-9(2-4-10)13-8-16(26,17(20,21)22)25(24-13)15-23-12-6-5-11(19)7-14(12)27-15/h1-7,26H,8H2. The molecule has 4 rings (SSSR count). The Bertz CT molecular complexity index is 1050. The fourth-order valence-electron chi connectivity index (χ4n) is 2.75. The Labute approximate surface area is 162 Å². The molecule has 0 saturated heterocycles. The zero-order chi connectivity index (χ0) is 19.4. The predicted octanol–water partition coefficient (Wildman–Crippen LogP) is 5.06. The van der Waals surface area contributed by atoms with E-state index in [0.29, 0.717) is 20.8 Å². The number of aromatic nitrogens is 1. The predicted molar refractivity (Wildman–Crippen MR) is 98.4 cm³/mol. The summed E-state index contributed by atoms with van der Waals surface area (Å²) < 4.78 is 55.6. The van der Waals surface area contributed by atoms with E-state index >= 15 is 0 Å². The number of fused-ring (bicyclic) bond motifs is 1. The van der Waals surface area contributed by atoms with Gasteiger partial charge in [0, 0.05) is 4.47 Å². The average Bonchev–Trinajstić information content (AvgIpc) is 3.16. The summed E-state index contributed by atoms with van der Waals surface area (Å²) in [7, 11) is 0. The quantitative estimate of drug-likeness (QED) is 0.544. The summed E-state index contributed by atoms with van der Waals surface area (Å²) >= 11 is 4.09. The molecule has 1 aliphatic rings. The molecule has 2 aromatic carbocycles. The van der Waals surface area contributed by atoms with Crippen molar-refractivity contribution in [3.63, 3.8) is 0 Å². The number of halogens is 5. The minimum Gasteiger partial charge on any atom is -0.362 e. The molecule has 1 atom stereocenters.